The zero-order valence-electron chi connectivity index (χ0n) is 10.1. The van der Waals surface area contributed by atoms with Gasteiger partial charge in [-0.05, 0) is 37.0 Å². The van der Waals surface area contributed by atoms with Crippen molar-refractivity contribution in [2.75, 3.05) is 12.5 Å². The van der Waals surface area contributed by atoms with E-state index < -0.39 is 0 Å². The molecule has 0 aromatic heterocycles. The Hall–Kier alpha value is -0.990. The Morgan fingerprint density at radius 3 is 3.00 bits per heavy atom. The summed E-state index contributed by atoms with van der Waals surface area (Å²) < 4.78 is 5.76. The van der Waals surface area contributed by atoms with Crippen molar-refractivity contribution < 1.29 is 4.74 Å². The standard InChI is InChI=1S/C14H18ClNO/c1-10(16)12-8-11-4-2-5-14(13(11)9-12)17-7-3-6-15/h2,4-5,8,10H,3,6-7,9,16H2,1H3. The van der Waals surface area contributed by atoms with Gasteiger partial charge in [-0.1, -0.05) is 18.2 Å². The molecule has 1 aromatic carbocycles. The van der Waals surface area contributed by atoms with Gasteiger partial charge in [-0.3, -0.25) is 0 Å². The van der Waals surface area contributed by atoms with Crippen molar-refractivity contribution in [3.63, 3.8) is 0 Å². The van der Waals surface area contributed by atoms with Crippen LogP contribution in [0.15, 0.2) is 23.8 Å². The molecule has 1 aliphatic rings. The maximum absolute atomic E-state index is 5.92. The smallest absolute Gasteiger partial charge is 0.123 e. The molecule has 1 unspecified atom stereocenters. The van der Waals surface area contributed by atoms with Crippen molar-refractivity contribution in [3.05, 3.63) is 34.9 Å². The van der Waals surface area contributed by atoms with Crippen LogP contribution < -0.4 is 10.5 Å². The van der Waals surface area contributed by atoms with E-state index in [1.807, 2.05) is 19.1 Å². The van der Waals surface area contributed by atoms with Crippen molar-refractivity contribution >= 4 is 17.7 Å². The number of alkyl halides is 1. The lowest BCUT2D eigenvalue weighted by Gasteiger charge is -2.11. The number of nitrogens with two attached hydrogens (primary N) is 1. The molecule has 0 saturated heterocycles. The molecular weight excluding hydrogens is 234 g/mol. The fourth-order valence-electron chi connectivity index (χ4n) is 2.03. The predicted molar refractivity (Wildman–Crippen MR) is 72.6 cm³/mol. The van der Waals surface area contributed by atoms with Gasteiger partial charge in [0, 0.05) is 17.5 Å². The van der Waals surface area contributed by atoms with Crippen molar-refractivity contribution in [2.45, 2.75) is 25.8 Å². The van der Waals surface area contributed by atoms with Gasteiger partial charge in [0.25, 0.3) is 0 Å². The highest BCUT2D eigenvalue weighted by molar-refractivity contribution is 6.17. The van der Waals surface area contributed by atoms with Crippen LogP contribution in [-0.2, 0) is 6.42 Å². The van der Waals surface area contributed by atoms with E-state index in [1.54, 1.807) is 0 Å². The summed E-state index contributed by atoms with van der Waals surface area (Å²) in [6, 6.07) is 6.26. The first-order valence-corrected chi connectivity index (χ1v) is 6.52. The lowest BCUT2D eigenvalue weighted by molar-refractivity contribution is 0.315. The lowest BCUT2D eigenvalue weighted by atomic mass is 10.1. The number of halogens is 1. The van der Waals surface area contributed by atoms with Gasteiger partial charge in [0.2, 0.25) is 0 Å². The van der Waals surface area contributed by atoms with Crippen LogP contribution in [-0.4, -0.2) is 18.5 Å². The summed E-state index contributed by atoms with van der Waals surface area (Å²) in [4.78, 5) is 0. The molecule has 0 fully saturated rings. The molecule has 0 aliphatic heterocycles. The molecule has 0 spiro atoms. The van der Waals surface area contributed by atoms with Crippen LogP contribution in [0.2, 0.25) is 0 Å². The number of ether oxygens (including phenoxy) is 1. The Kier molecular flexibility index (Phi) is 4.08. The highest BCUT2D eigenvalue weighted by Crippen LogP contribution is 2.33. The van der Waals surface area contributed by atoms with Gasteiger partial charge in [-0.15, -0.1) is 11.6 Å². The van der Waals surface area contributed by atoms with Crippen LogP contribution in [0.3, 0.4) is 0 Å². The van der Waals surface area contributed by atoms with Gasteiger partial charge in [0.05, 0.1) is 6.61 Å². The van der Waals surface area contributed by atoms with Crippen molar-refractivity contribution in [3.8, 4) is 5.75 Å². The van der Waals surface area contributed by atoms with E-state index in [0.29, 0.717) is 12.5 Å². The molecule has 0 saturated carbocycles. The minimum absolute atomic E-state index is 0.109. The van der Waals surface area contributed by atoms with Crippen LogP contribution in [0.5, 0.6) is 5.75 Å². The topological polar surface area (TPSA) is 35.2 Å². The summed E-state index contributed by atoms with van der Waals surface area (Å²) in [6.45, 7) is 2.69. The summed E-state index contributed by atoms with van der Waals surface area (Å²) in [7, 11) is 0. The summed E-state index contributed by atoms with van der Waals surface area (Å²) in [6.07, 6.45) is 3.96. The third-order valence-corrected chi connectivity index (χ3v) is 3.28. The lowest BCUT2D eigenvalue weighted by Crippen LogP contribution is -2.17. The third kappa shape index (κ3) is 2.82. The Morgan fingerprint density at radius 2 is 2.29 bits per heavy atom. The molecule has 1 atom stereocenters. The maximum Gasteiger partial charge on any atom is 0.123 e. The number of fused-ring (bicyclic) bond motifs is 1. The second-order valence-corrected chi connectivity index (χ2v) is 4.78. The normalized spacial score (nSPS) is 15.4. The summed E-state index contributed by atoms with van der Waals surface area (Å²) in [5.41, 5.74) is 9.69. The Labute approximate surface area is 107 Å². The van der Waals surface area contributed by atoms with Crippen LogP contribution in [0, 0.1) is 0 Å². The Bertz CT molecular complexity index is 426. The molecule has 0 heterocycles. The van der Waals surface area contributed by atoms with Crippen LogP contribution in [0.1, 0.15) is 24.5 Å². The molecule has 2 rings (SSSR count). The number of rotatable bonds is 5. The van der Waals surface area contributed by atoms with Gasteiger partial charge in [-0.2, -0.15) is 0 Å². The molecule has 0 amide bonds. The highest BCUT2D eigenvalue weighted by Gasteiger charge is 2.18. The molecule has 92 valence electrons. The largest absolute Gasteiger partial charge is 0.493 e. The van der Waals surface area contributed by atoms with Gasteiger partial charge < -0.3 is 10.5 Å². The molecule has 2 nitrogen and oxygen atoms in total. The summed E-state index contributed by atoms with van der Waals surface area (Å²) in [5.74, 6) is 1.61. The maximum atomic E-state index is 5.92. The fourth-order valence-corrected chi connectivity index (χ4v) is 2.14. The van der Waals surface area contributed by atoms with E-state index in [9.17, 15) is 0 Å². The monoisotopic (exact) mass is 251 g/mol. The van der Waals surface area contributed by atoms with E-state index in [-0.39, 0.29) is 6.04 Å². The SMILES string of the molecule is CC(N)C1=Cc2cccc(OCCCCl)c2C1. The highest BCUT2D eigenvalue weighted by atomic mass is 35.5. The number of benzene rings is 1. The second-order valence-electron chi connectivity index (χ2n) is 4.40. The van der Waals surface area contributed by atoms with Crippen LogP contribution in [0.4, 0.5) is 0 Å². The molecule has 1 aliphatic carbocycles. The van der Waals surface area contributed by atoms with Gasteiger partial charge in [0.1, 0.15) is 5.75 Å². The van der Waals surface area contributed by atoms with Gasteiger partial charge in [0.15, 0.2) is 0 Å². The fraction of sp³-hybridized carbons (Fsp3) is 0.429. The van der Waals surface area contributed by atoms with Crippen LogP contribution >= 0.6 is 11.6 Å². The first kappa shape index (κ1) is 12.5. The van der Waals surface area contributed by atoms with Crippen LogP contribution in [0.25, 0.3) is 6.08 Å². The predicted octanol–water partition coefficient (Wildman–Crippen LogP) is 2.98. The van der Waals surface area contributed by atoms with E-state index in [4.69, 9.17) is 22.1 Å². The van der Waals surface area contributed by atoms with Gasteiger partial charge in [-0.25, -0.2) is 0 Å². The Morgan fingerprint density at radius 1 is 1.47 bits per heavy atom. The zero-order chi connectivity index (χ0) is 12.3. The number of hydrogen-bond donors (Lipinski definition) is 1. The average molecular weight is 252 g/mol. The number of hydrogen-bond acceptors (Lipinski definition) is 2. The first-order valence-electron chi connectivity index (χ1n) is 5.99. The molecular formula is C14H18ClNO. The minimum Gasteiger partial charge on any atom is -0.493 e. The van der Waals surface area contributed by atoms with Crippen molar-refractivity contribution in [1.82, 2.24) is 0 Å². The van der Waals surface area contributed by atoms with Crippen molar-refractivity contribution in [2.24, 2.45) is 5.73 Å². The molecule has 2 N–H and O–H groups in total. The quantitative estimate of drug-likeness (QED) is 0.645. The molecule has 1 aromatic rings. The second kappa shape index (κ2) is 5.56. The first-order chi connectivity index (χ1) is 8.22. The summed E-state index contributed by atoms with van der Waals surface area (Å²) in [5, 5.41) is 0. The van der Waals surface area contributed by atoms with E-state index >= 15 is 0 Å². The molecule has 17 heavy (non-hydrogen) atoms. The zero-order valence-corrected chi connectivity index (χ0v) is 10.8. The van der Waals surface area contributed by atoms with E-state index in [1.165, 1.54) is 16.7 Å². The summed E-state index contributed by atoms with van der Waals surface area (Å²) >= 11 is 5.64. The third-order valence-electron chi connectivity index (χ3n) is 3.01. The van der Waals surface area contributed by atoms with E-state index in [0.717, 1.165) is 18.6 Å². The molecule has 3 heteroatoms. The van der Waals surface area contributed by atoms with Gasteiger partial charge >= 0.3 is 0 Å². The minimum atomic E-state index is 0.109. The van der Waals surface area contributed by atoms with E-state index in [2.05, 4.69) is 12.1 Å². The molecule has 0 radical (unpaired) electrons. The Balaban J connectivity index is 2.12. The van der Waals surface area contributed by atoms with Crippen molar-refractivity contribution in [1.29, 1.82) is 0 Å². The average Bonchev–Trinajstić information content (AvgIpc) is 2.74. The molecule has 0 bridgehead atoms.